The van der Waals surface area contributed by atoms with E-state index in [4.69, 9.17) is 4.74 Å². The van der Waals surface area contributed by atoms with Gasteiger partial charge in [0.25, 0.3) is 0 Å². The van der Waals surface area contributed by atoms with Gasteiger partial charge in [-0.15, -0.1) is 0 Å². The second kappa shape index (κ2) is 8.37. The lowest BCUT2D eigenvalue weighted by Crippen LogP contribution is -2.29. The first-order valence-corrected chi connectivity index (χ1v) is 8.13. The van der Waals surface area contributed by atoms with Crippen LogP contribution in [0.3, 0.4) is 0 Å². The summed E-state index contributed by atoms with van der Waals surface area (Å²) in [6.45, 7) is 7.22. The number of rotatable bonds is 7. The van der Waals surface area contributed by atoms with Gasteiger partial charge < -0.3 is 10.1 Å². The van der Waals surface area contributed by atoms with Crippen molar-refractivity contribution in [1.29, 1.82) is 0 Å². The summed E-state index contributed by atoms with van der Waals surface area (Å²) in [5.74, 6) is 0.910. The number of carbonyl (C=O) groups excluding carboxylic acids is 1. The van der Waals surface area contributed by atoms with Crippen molar-refractivity contribution in [2.24, 2.45) is 0 Å². The van der Waals surface area contributed by atoms with Crippen molar-refractivity contribution in [3.63, 3.8) is 0 Å². The number of benzene rings is 2. The van der Waals surface area contributed by atoms with Crippen molar-refractivity contribution in [3.05, 3.63) is 64.7 Å². The highest BCUT2D eigenvalue weighted by Crippen LogP contribution is 2.20. The third-order valence-electron chi connectivity index (χ3n) is 4.03. The van der Waals surface area contributed by atoms with Gasteiger partial charge in [-0.3, -0.25) is 4.79 Å². The second-order valence-corrected chi connectivity index (χ2v) is 5.74. The summed E-state index contributed by atoms with van der Waals surface area (Å²) in [5, 5.41) is 2.90. The fraction of sp³-hybridized carbons (Fsp3) is 0.350. The van der Waals surface area contributed by atoms with E-state index in [1.165, 1.54) is 11.1 Å². The normalized spacial score (nSPS) is 10.4. The van der Waals surface area contributed by atoms with E-state index >= 15 is 0 Å². The van der Waals surface area contributed by atoms with Crippen molar-refractivity contribution < 1.29 is 9.53 Å². The van der Waals surface area contributed by atoms with Gasteiger partial charge in [0.15, 0.2) is 0 Å². The molecule has 2 aromatic rings. The summed E-state index contributed by atoms with van der Waals surface area (Å²) < 4.78 is 5.73. The Hall–Kier alpha value is -2.29. The lowest BCUT2D eigenvalue weighted by molar-refractivity contribution is -0.120. The number of ether oxygens (including phenoxy) is 1. The standard InChI is InChI=1S/C20H25NO2/c1-4-17-8-10-18(11-9-17)14-20(22)21-12-13-23-19-7-5-6-15(2)16(19)3/h5-11H,4,12-14H2,1-3H3,(H,21,22). The molecular weight excluding hydrogens is 286 g/mol. The first kappa shape index (κ1) is 17.1. The Balaban J connectivity index is 1.73. The van der Waals surface area contributed by atoms with E-state index in [0.29, 0.717) is 19.6 Å². The van der Waals surface area contributed by atoms with Crippen LogP contribution in [-0.2, 0) is 17.6 Å². The van der Waals surface area contributed by atoms with Crippen LogP contribution in [0.1, 0.15) is 29.2 Å². The van der Waals surface area contributed by atoms with E-state index in [9.17, 15) is 4.79 Å². The topological polar surface area (TPSA) is 38.3 Å². The van der Waals surface area contributed by atoms with Gasteiger partial charge in [-0.2, -0.15) is 0 Å². The maximum absolute atomic E-state index is 11.9. The zero-order valence-corrected chi connectivity index (χ0v) is 14.2. The summed E-state index contributed by atoms with van der Waals surface area (Å²) in [5.41, 5.74) is 4.68. The Morgan fingerprint density at radius 3 is 2.43 bits per heavy atom. The molecule has 0 radical (unpaired) electrons. The highest BCUT2D eigenvalue weighted by molar-refractivity contribution is 5.78. The van der Waals surface area contributed by atoms with Crippen LogP contribution in [0.15, 0.2) is 42.5 Å². The Bertz CT molecular complexity index is 647. The molecular formula is C20H25NO2. The molecule has 0 saturated heterocycles. The first-order chi connectivity index (χ1) is 11.1. The Morgan fingerprint density at radius 2 is 1.74 bits per heavy atom. The van der Waals surface area contributed by atoms with Gasteiger partial charge in [-0.05, 0) is 48.6 Å². The predicted molar refractivity (Wildman–Crippen MR) is 93.9 cm³/mol. The Morgan fingerprint density at radius 1 is 1.04 bits per heavy atom. The van der Waals surface area contributed by atoms with Gasteiger partial charge in [-0.1, -0.05) is 43.3 Å². The van der Waals surface area contributed by atoms with Crippen LogP contribution in [0.25, 0.3) is 0 Å². The monoisotopic (exact) mass is 311 g/mol. The van der Waals surface area contributed by atoms with E-state index in [-0.39, 0.29) is 5.91 Å². The van der Waals surface area contributed by atoms with Crippen LogP contribution in [0.5, 0.6) is 5.75 Å². The molecule has 1 amide bonds. The number of aryl methyl sites for hydroxylation is 2. The SMILES string of the molecule is CCc1ccc(CC(=O)NCCOc2cccc(C)c2C)cc1. The van der Waals surface area contributed by atoms with Crippen LogP contribution in [0.4, 0.5) is 0 Å². The summed E-state index contributed by atoms with van der Waals surface area (Å²) in [7, 11) is 0. The molecule has 0 bridgehead atoms. The van der Waals surface area contributed by atoms with Crippen LogP contribution < -0.4 is 10.1 Å². The molecule has 0 aromatic heterocycles. The minimum atomic E-state index is 0.0267. The molecule has 2 rings (SSSR count). The molecule has 3 nitrogen and oxygen atoms in total. The smallest absolute Gasteiger partial charge is 0.224 e. The van der Waals surface area contributed by atoms with E-state index in [0.717, 1.165) is 23.3 Å². The molecule has 0 spiro atoms. The zero-order valence-electron chi connectivity index (χ0n) is 14.2. The molecule has 0 heterocycles. The molecule has 0 unspecified atom stereocenters. The predicted octanol–water partition coefficient (Wildman–Crippen LogP) is 3.60. The van der Waals surface area contributed by atoms with Crippen molar-refractivity contribution >= 4 is 5.91 Å². The van der Waals surface area contributed by atoms with E-state index in [1.807, 2.05) is 31.2 Å². The largest absolute Gasteiger partial charge is 0.491 e. The number of carbonyl (C=O) groups is 1. The molecule has 3 heteroatoms. The van der Waals surface area contributed by atoms with Crippen molar-refractivity contribution in [3.8, 4) is 5.75 Å². The first-order valence-electron chi connectivity index (χ1n) is 8.13. The number of amides is 1. The fourth-order valence-electron chi connectivity index (χ4n) is 2.37. The average Bonchev–Trinajstić information content (AvgIpc) is 2.56. The Labute approximate surface area is 138 Å². The van der Waals surface area contributed by atoms with Crippen LogP contribution >= 0.6 is 0 Å². The van der Waals surface area contributed by atoms with Crippen molar-refractivity contribution in [1.82, 2.24) is 5.32 Å². The van der Waals surface area contributed by atoms with Gasteiger partial charge in [0.05, 0.1) is 13.0 Å². The molecule has 23 heavy (non-hydrogen) atoms. The molecule has 0 atom stereocenters. The molecule has 2 aromatic carbocycles. The van der Waals surface area contributed by atoms with Gasteiger partial charge in [0.1, 0.15) is 12.4 Å². The second-order valence-electron chi connectivity index (χ2n) is 5.74. The summed E-state index contributed by atoms with van der Waals surface area (Å²) in [6.07, 6.45) is 1.43. The highest BCUT2D eigenvalue weighted by atomic mass is 16.5. The third-order valence-corrected chi connectivity index (χ3v) is 4.03. The maximum atomic E-state index is 11.9. The highest BCUT2D eigenvalue weighted by Gasteiger charge is 2.04. The maximum Gasteiger partial charge on any atom is 0.224 e. The minimum absolute atomic E-state index is 0.0267. The van der Waals surface area contributed by atoms with Crippen LogP contribution in [-0.4, -0.2) is 19.1 Å². The zero-order chi connectivity index (χ0) is 16.7. The van der Waals surface area contributed by atoms with Gasteiger partial charge in [-0.25, -0.2) is 0 Å². The van der Waals surface area contributed by atoms with Gasteiger partial charge in [0.2, 0.25) is 5.91 Å². The van der Waals surface area contributed by atoms with Gasteiger partial charge >= 0.3 is 0 Å². The van der Waals surface area contributed by atoms with Crippen molar-refractivity contribution in [2.45, 2.75) is 33.6 Å². The third kappa shape index (κ3) is 5.13. The van der Waals surface area contributed by atoms with Gasteiger partial charge in [0, 0.05) is 0 Å². The Kier molecular flexibility index (Phi) is 6.21. The fourth-order valence-corrected chi connectivity index (χ4v) is 2.37. The molecule has 0 aliphatic heterocycles. The molecule has 122 valence electrons. The lowest BCUT2D eigenvalue weighted by atomic mass is 10.1. The lowest BCUT2D eigenvalue weighted by Gasteiger charge is -2.11. The number of hydrogen-bond acceptors (Lipinski definition) is 2. The summed E-state index contributed by atoms with van der Waals surface area (Å²) in [4.78, 5) is 11.9. The summed E-state index contributed by atoms with van der Waals surface area (Å²) in [6, 6.07) is 14.2. The molecule has 0 fully saturated rings. The molecule has 0 aliphatic rings. The minimum Gasteiger partial charge on any atom is -0.491 e. The number of hydrogen-bond donors (Lipinski definition) is 1. The molecule has 1 N–H and O–H groups in total. The van der Waals surface area contributed by atoms with E-state index < -0.39 is 0 Å². The average molecular weight is 311 g/mol. The van der Waals surface area contributed by atoms with Crippen LogP contribution in [0.2, 0.25) is 0 Å². The quantitative estimate of drug-likeness (QED) is 0.793. The molecule has 0 aliphatic carbocycles. The van der Waals surface area contributed by atoms with E-state index in [2.05, 4.69) is 37.4 Å². The molecule has 0 saturated carbocycles. The van der Waals surface area contributed by atoms with E-state index in [1.54, 1.807) is 0 Å². The van der Waals surface area contributed by atoms with Crippen molar-refractivity contribution in [2.75, 3.05) is 13.2 Å². The summed E-state index contributed by atoms with van der Waals surface area (Å²) >= 11 is 0. The number of nitrogens with one attached hydrogen (secondary N) is 1. The van der Waals surface area contributed by atoms with Crippen LogP contribution in [0, 0.1) is 13.8 Å².